The minimum absolute atomic E-state index is 0.0748. The zero-order chi connectivity index (χ0) is 19.1. The van der Waals surface area contributed by atoms with Gasteiger partial charge in [0.25, 0.3) is 0 Å². The number of hydrogen-bond acceptors (Lipinski definition) is 5. The first-order valence-electron chi connectivity index (χ1n) is 8.31. The smallest absolute Gasteiger partial charge is 0.309 e. The SMILES string of the molecule is CC(=O)c1ccc(S(=O)(=O)N2CCC3(CC2)NC(=O)CC3C(=O)O)cc1. The van der Waals surface area contributed by atoms with Crippen LogP contribution in [0.3, 0.4) is 0 Å². The molecule has 2 N–H and O–H groups in total. The van der Waals surface area contributed by atoms with Crippen molar-refractivity contribution in [2.75, 3.05) is 13.1 Å². The number of aliphatic carboxylic acids is 1. The lowest BCUT2D eigenvalue weighted by Gasteiger charge is -2.40. The maximum atomic E-state index is 12.8. The van der Waals surface area contributed by atoms with E-state index in [2.05, 4.69) is 5.32 Å². The van der Waals surface area contributed by atoms with Gasteiger partial charge in [-0.3, -0.25) is 14.4 Å². The molecule has 2 heterocycles. The van der Waals surface area contributed by atoms with Gasteiger partial charge in [-0.25, -0.2) is 8.42 Å². The van der Waals surface area contributed by atoms with Gasteiger partial charge in [-0.2, -0.15) is 4.31 Å². The first kappa shape index (κ1) is 18.5. The predicted octanol–water partition coefficient (Wildman–Crippen LogP) is 0.633. The van der Waals surface area contributed by atoms with Crippen LogP contribution in [0.5, 0.6) is 0 Å². The van der Waals surface area contributed by atoms with Gasteiger partial charge in [0, 0.05) is 25.1 Å². The Morgan fingerprint density at radius 1 is 1.19 bits per heavy atom. The molecule has 2 aliphatic rings. The third-order valence-corrected chi connectivity index (χ3v) is 7.17. The molecule has 8 nitrogen and oxygen atoms in total. The molecule has 0 saturated carbocycles. The number of benzene rings is 1. The molecule has 9 heteroatoms. The Bertz CT molecular complexity index is 854. The Labute approximate surface area is 151 Å². The van der Waals surface area contributed by atoms with Crippen LogP contribution in [-0.2, 0) is 19.6 Å². The molecule has 0 aliphatic carbocycles. The summed E-state index contributed by atoms with van der Waals surface area (Å²) in [7, 11) is -3.74. The standard InChI is InChI=1S/C17H20N2O6S/c1-11(20)12-2-4-13(5-3-12)26(24,25)19-8-6-17(7-9-19)14(16(22)23)10-15(21)18-17/h2-5,14H,6-10H2,1H3,(H,18,21)(H,22,23). The summed E-state index contributed by atoms with van der Waals surface area (Å²) in [6.45, 7) is 1.66. The van der Waals surface area contributed by atoms with Crippen LogP contribution in [-0.4, -0.2) is 54.1 Å². The van der Waals surface area contributed by atoms with Crippen molar-refractivity contribution in [2.45, 2.75) is 36.6 Å². The van der Waals surface area contributed by atoms with E-state index < -0.39 is 27.4 Å². The maximum Gasteiger partial charge on any atom is 0.309 e. The second-order valence-corrected chi connectivity index (χ2v) is 8.72. The zero-order valence-electron chi connectivity index (χ0n) is 14.3. The van der Waals surface area contributed by atoms with Gasteiger partial charge < -0.3 is 10.4 Å². The van der Waals surface area contributed by atoms with Crippen LogP contribution in [0.25, 0.3) is 0 Å². The summed E-state index contributed by atoms with van der Waals surface area (Å²) in [5, 5.41) is 12.1. The largest absolute Gasteiger partial charge is 0.481 e. The third-order valence-electron chi connectivity index (χ3n) is 5.26. The Morgan fingerprint density at radius 2 is 1.77 bits per heavy atom. The lowest BCUT2D eigenvalue weighted by molar-refractivity contribution is -0.144. The van der Waals surface area contributed by atoms with Crippen molar-refractivity contribution in [3.05, 3.63) is 29.8 Å². The van der Waals surface area contributed by atoms with E-state index in [0.717, 1.165) is 0 Å². The molecule has 140 valence electrons. The summed E-state index contributed by atoms with van der Waals surface area (Å²) in [4.78, 5) is 34.5. The van der Waals surface area contributed by atoms with Crippen molar-refractivity contribution in [2.24, 2.45) is 5.92 Å². The van der Waals surface area contributed by atoms with Crippen LogP contribution >= 0.6 is 0 Å². The van der Waals surface area contributed by atoms with E-state index in [4.69, 9.17) is 0 Å². The maximum absolute atomic E-state index is 12.8. The van der Waals surface area contributed by atoms with Gasteiger partial charge in [-0.1, -0.05) is 12.1 Å². The van der Waals surface area contributed by atoms with E-state index in [1.165, 1.54) is 35.5 Å². The summed E-state index contributed by atoms with van der Waals surface area (Å²) in [6, 6.07) is 5.73. The predicted molar refractivity (Wildman–Crippen MR) is 91.1 cm³/mol. The van der Waals surface area contributed by atoms with Crippen molar-refractivity contribution < 1.29 is 27.9 Å². The molecule has 3 rings (SSSR count). The van der Waals surface area contributed by atoms with Crippen LogP contribution in [0.4, 0.5) is 0 Å². The van der Waals surface area contributed by atoms with Crippen LogP contribution in [0.1, 0.15) is 36.5 Å². The van der Waals surface area contributed by atoms with Crippen LogP contribution in [0.2, 0.25) is 0 Å². The van der Waals surface area contributed by atoms with E-state index in [9.17, 15) is 27.9 Å². The van der Waals surface area contributed by atoms with E-state index in [0.29, 0.717) is 5.56 Å². The molecule has 0 bridgehead atoms. The van der Waals surface area contributed by atoms with Gasteiger partial charge in [0.1, 0.15) is 0 Å². The van der Waals surface area contributed by atoms with Gasteiger partial charge >= 0.3 is 5.97 Å². The average molecular weight is 380 g/mol. The van der Waals surface area contributed by atoms with E-state index >= 15 is 0 Å². The normalized spacial score (nSPS) is 23.0. The highest BCUT2D eigenvalue weighted by atomic mass is 32.2. The fourth-order valence-corrected chi connectivity index (χ4v) is 5.17. The van der Waals surface area contributed by atoms with E-state index in [1.54, 1.807) is 0 Å². The van der Waals surface area contributed by atoms with Crippen molar-refractivity contribution in [1.82, 2.24) is 9.62 Å². The number of carbonyl (C=O) groups is 3. The van der Waals surface area contributed by atoms with E-state index in [1.807, 2.05) is 0 Å². The first-order valence-corrected chi connectivity index (χ1v) is 9.75. The molecule has 1 spiro atoms. The summed E-state index contributed by atoms with van der Waals surface area (Å²) < 4.78 is 26.9. The minimum atomic E-state index is -3.74. The highest BCUT2D eigenvalue weighted by Gasteiger charge is 2.52. The molecule has 1 aromatic rings. The minimum Gasteiger partial charge on any atom is -0.481 e. The van der Waals surface area contributed by atoms with Gasteiger partial charge in [0.15, 0.2) is 5.78 Å². The summed E-state index contributed by atoms with van der Waals surface area (Å²) in [6.07, 6.45) is 0.426. The molecule has 1 amide bonds. The Morgan fingerprint density at radius 3 is 2.27 bits per heavy atom. The number of piperidine rings is 1. The molecule has 2 fully saturated rings. The average Bonchev–Trinajstić information content (AvgIpc) is 2.91. The van der Waals surface area contributed by atoms with Crippen LogP contribution in [0, 0.1) is 5.92 Å². The Balaban J connectivity index is 1.77. The third kappa shape index (κ3) is 3.12. The van der Waals surface area contributed by atoms with Gasteiger partial charge in [0.05, 0.1) is 16.4 Å². The number of amides is 1. The highest BCUT2D eigenvalue weighted by molar-refractivity contribution is 7.89. The second-order valence-electron chi connectivity index (χ2n) is 6.78. The van der Waals surface area contributed by atoms with Crippen molar-refractivity contribution in [3.8, 4) is 0 Å². The van der Waals surface area contributed by atoms with Gasteiger partial charge in [-0.05, 0) is 31.9 Å². The summed E-state index contributed by atoms with van der Waals surface area (Å²) in [5.74, 6) is -2.34. The topological polar surface area (TPSA) is 121 Å². The quantitative estimate of drug-likeness (QED) is 0.739. The number of ketones is 1. The highest BCUT2D eigenvalue weighted by Crippen LogP contribution is 2.38. The number of carboxylic acid groups (broad SMARTS) is 1. The first-order chi connectivity index (χ1) is 12.2. The van der Waals surface area contributed by atoms with Crippen molar-refractivity contribution >= 4 is 27.7 Å². The number of hydrogen-bond donors (Lipinski definition) is 2. The second kappa shape index (κ2) is 6.48. The number of carboxylic acids is 1. The van der Waals surface area contributed by atoms with Crippen molar-refractivity contribution in [1.29, 1.82) is 0 Å². The molecule has 0 aromatic heterocycles. The van der Waals surface area contributed by atoms with Gasteiger partial charge in [0.2, 0.25) is 15.9 Å². The number of nitrogens with one attached hydrogen (secondary N) is 1. The molecule has 1 unspecified atom stereocenters. The lowest BCUT2D eigenvalue weighted by atomic mass is 9.78. The molecular weight excluding hydrogens is 360 g/mol. The van der Waals surface area contributed by atoms with Crippen LogP contribution < -0.4 is 5.32 Å². The Hall–Kier alpha value is -2.26. The monoisotopic (exact) mass is 380 g/mol. The number of Topliss-reactive ketones (excluding diaryl/α,β-unsaturated/α-hetero) is 1. The van der Waals surface area contributed by atoms with Crippen molar-refractivity contribution in [3.63, 3.8) is 0 Å². The fourth-order valence-electron chi connectivity index (χ4n) is 3.73. The number of sulfonamides is 1. The molecule has 26 heavy (non-hydrogen) atoms. The van der Waals surface area contributed by atoms with E-state index in [-0.39, 0.29) is 48.9 Å². The zero-order valence-corrected chi connectivity index (χ0v) is 15.1. The molecule has 0 radical (unpaired) electrons. The molecule has 1 aromatic carbocycles. The fraction of sp³-hybridized carbons (Fsp3) is 0.471. The lowest BCUT2D eigenvalue weighted by Crippen LogP contribution is -2.56. The van der Waals surface area contributed by atoms with Crippen LogP contribution in [0.15, 0.2) is 29.2 Å². The summed E-state index contributed by atoms with van der Waals surface area (Å²) in [5.41, 5.74) is -0.451. The Kier molecular flexibility index (Phi) is 4.61. The number of rotatable bonds is 4. The summed E-state index contributed by atoms with van der Waals surface area (Å²) >= 11 is 0. The molecule has 2 saturated heterocycles. The molecule has 2 aliphatic heterocycles. The number of carbonyl (C=O) groups excluding carboxylic acids is 2. The molecular formula is C17H20N2O6S. The van der Waals surface area contributed by atoms with Gasteiger partial charge in [-0.15, -0.1) is 0 Å². The number of nitrogens with zero attached hydrogens (tertiary/aromatic N) is 1. The molecule has 1 atom stereocenters.